The molecule has 1 aromatic rings. The van der Waals surface area contributed by atoms with Gasteiger partial charge in [0.15, 0.2) is 0 Å². The second-order valence-electron chi connectivity index (χ2n) is 4.23. The quantitative estimate of drug-likeness (QED) is 0.550. The predicted molar refractivity (Wildman–Crippen MR) is 72.0 cm³/mol. The Labute approximate surface area is 104 Å². The van der Waals surface area contributed by atoms with E-state index in [4.69, 9.17) is 0 Å². The van der Waals surface area contributed by atoms with Crippen molar-refractivity contribution >= 4 is 6.29 Å². The Bertz CT molecular complexity index is 334. The number of hydrogen-bond acceptors (Lipinski definition) is 2. The van der Waals surface area contributed by atoms with Gasteiger partial charge in [-0.3, -0.25) is 0 Å². The molecule has 0 amide bonds. The fourth-order valence-electron chi connectivity index (χ4n) is 1.85. The molecule has 2 nitrogen and oxygen atoms in total. The summed E-state index contributed by atoms with van der Waals surface area (Å²) in [7, 11) is 0. The molecule has 17 heavy (non-hydrogen) atoms. The van der Waals surface area contributed by atoms with Crippen LogP contribution in [0.5, 0.6) is 0 Å². The maximum atomic E-state index is 10.9. The standard InChI is InChI=1S/C15H21NO/c1-3-8-15(12-17)16-14(4-2)11-13-9-6-5-7-10-13/h4-7,9-10,12,14-16H,2-3,8,11H2,1H3. The van der Waals surface area contributed by atoms with E-state index in [1.807, 2.05) is 24.3 Å². The Morgan fingerprint density at radius 1 is 1.29 bits per heavy atom. The highest BCUT2D eigenvalue weighted by Crippen LogP contribution is 2.05. The van der Waals surface area contributed by atoms with Crippen LogP contribution in [0.4, 0.5) is 0 Å². The van der Waals surface area contributed by atoms with Gasteiger partial charge in [-0.05, 0) is 18.4 Å². The van der Waals surface area contributed by atoms with E-state index in [2.05, 4.69) is 31.0 Å². The number of benzene rings is 1. The van der Waals surface area contributed by atoms with Crippen LogP contribution in [0.2, 0.25) is 0 Å². The lowest BCUT2D eigenvalue weighted by atomic mass is 10.0. The van der Waals surface area contributed by atoms with Crippen LogP contribution in [0.3, 0.4) is 0 Å². The molecule has 0 heterocycles. The number of carbonyl (C=O) groups is 1. The van der Waals surface area contributed by atoms with Gasteiger partial charge in [-0.25, -0.2) is 0 Å². The van der Waals surface area contributed by atoms with Crippen LogP contribution in [0, 0.1) is 0 Å². The molecule has 0 radical (unpaired) electrons. The van der Waals surface area contributed by atoms with E-state index in [-0.39, 0.29) is 12.1 Å². The van der Waals surface area contributed by atoms with E-state index in [9.17, 15) is 4.79 Å². The molecule has 0 aromatic heterocycles. The topological polar surface area (TPSA) is 29.1 Å². The third-order valence-electron chi connectivity index (χ3n) is 2.78. The van der Waals surface area contributed by atoms with Gasteiger partial charge in [0.25, 0.3) is 0 Å². The first-order valence-electron chi connectivity index (χ1n) is 6.18. The van der Waals surface area contributed by atoms with Crippen molar-refractivity contribution in [1.29, 1.82) is 0 Å². The number of nitrogens with one attached hydrogen (secondary N) is 1. The van der Waals surface area contributed by atoms with E-state index >= 15 is 0 Å². The zero-order valence-electron chi connectivity index (χ0n) is 10.4. The van der Waals surface area contributed by atoms with Crippen molar-refractivity contribution in [3.05, 3.63) is 48.6 Å². The van der Waals surface area contributed by atoms with E-state index in [1.54, 1.807) is 0 Å². The molecule has 1 N–H and O–H groups in total. The van der Waals surface area contributed by atoms with E-state index in [1.165, 1.54) is 5.56 Å². The van der Waals surface area contributed by atoms with Gasteiger partial charge < -0.3 is 10.1 Å². The zero-order valence-corrected chi connectivity index (χ0v) is 10.4. The third kappa shape index (κ3) is 4.96. The lowest BCUT2D eigenvalue weighted by molar-refractivity contribution is -0.109. The molecule has 0 aliphatic rings. The van der Waals surface area contributed by atoms with Gasteiger partial charge in [0.05, 0.1) is 6.04 Å². The van der Waals surface area contributed by atoms with Crippen molar-refractivity contribution in [2.24, 2.45) is 0 Å². The Balaban J connectivity index is 2.53. The fourth-order valence-corrected chi connectivity index (χ4v) is 1.85. The molecule has 0 spiro atoms. The highest BCUT2D eigenvalue weighted by molar-refractivity contribution is 5.57. The monoisotopic (exact) mass is 231 g/mol. The highest BCUT2D eigenvalue weighted by Gasteiger charge is 2.11. The van der Waals surface area contributed by atoms with Gasteiger partial charge in [-0.1, -0.05) is 49.8 Å². The molecule has 1 rings (SSSR count). The average Bonchev–Trinajstić information content (AvgIpc) is 2.38. The Hall–Kier alpha value is -1.41. The van der Waals surface area contributed by atoms with Gasteiger partial charge >= 0.3 is 0 Å². The van der Waals surface area contributed by atoms with Crippen molar-refractivity contribution in [3.8, 4) is 0 Å². The maximum Gasteiger partial charge on any atom is 0.136 e. The van der Waals surface area contributed by atoms with Crippen LogP contribution in [-0.4, -0.2) is 18.4 Å². The number of aldehydes is 1. The lowest BCUT2D eigenvalue weighted by Gasteiger charge is -2.19. The SMILES string of the molecule is C=CC(Cc1ccccc1)NC(C=O)CCC. The molecule has 92 valence electrons. The number of carbonyl (C=O) groups excluding carboxylic acids is 1. The van der Waals surface area contributed by atoms with Gasteiger partial charge in [0.2, 0.25) is 0 Å². The largest absolute Gasteiger partial charge is 0.302 e. The number of rotatable bonds is 8. The minimum atomic E-state index is -0.0632. The van der Waals surface area contributed by atoms with Gasteiger partial charge in [-0.2, -0.15) is 0 Å². The fraction of sp³-hybridized carbons (Fsp3) is 0.400. The molecule has 0 aliphatic carbocycles. The van der Waals surface area contributed by atoms with Crippen molar-refractivity contribution in [3.63, 3.8) is 0 Å². The Morgan fingerprint density at radius 3 is 2.53 bits per heavy atom. The van der Waals surface area contributed by atoms with E-state index in [0.717, 1.165) is 25.5 Å². The molecule has 0 bridgehead atoms. The van der Waals surface area contributed by atoms with Gasteiger partial charge in [0.1, 0.15) is 6.29 Å². The van der Waals surface area contributed by atoms with E-state index < -0.39 is 0 Å². The summed E-state index contributed by atoms with van der Waals surface area (Å²) < 4.78 is 0. The molecule has 0 aliphatic heterocycles. The first-order valence-corrected chi connectivity index (χ1v) is 6.18. The van der Waals surface area contributed by atoms with Crippen LogP contribution in [0.15, 0.2) is 43.0 Å². The van der Waals surface area contributed by atoms with Crippen molar-refractivity contribution in [2.75, 3.05) is 0 Å². The molecule has 0 fully saturated rings. The second kappa shape index (κ2) is 7.80. The first kappa shape index (κ1) is 13.7. The summed E-state index contributed by atoms with van der Waals surface area (Å²) in [5.41, 5.74) is 1.26. The summed E-state index contributed by atoms with van der Waals surface area (Å²) in [5.74, 6) is 0. The van der Waals surface area contributed by atoms with Crippen LogP contribution in [0.1, 0.15) is 25.3 Å². The molecular formula is C15H21NO. The summed E-state index contributed by atoms with van der Waals surface area (Å²) in [5, 5.41) is 3.32. The van der Waals surface area contributed by atoms with Crippen LogP contribution < -0.4 is 5.32 Å². The minimum absolute atomic E-state index is 0.0632. The van der Waals surface area contributed by atoms with Gasteiger partial charge in [-0.15, -0.1) is 6.58 Å². The van der Waals surface area contributed by atoms with Crippen molar-refractivity contribution in [2.45, 2.75) is 38.3 Å². The molecule has 1 aromatic carbocycles. The first-order chi connectivity index (χ1) is 8.30. The average molecular weight is 231 g/mol. The van der Waals surface area contributed by atoms with Gasteiger partial charge in [0, 0.05) is 6.04 Å². The summed E-state index contributed by atoms with van der Waals surface area (Å²) in [6.07, 6.45) is 5.62. The van der Waals surface area contributed by atoms with Crippen molar-refractivity contribution in [1.82, 2.24) is 5.32 Å². The normalized spacial score (nSPS) is 13.9. The molecular weight excluding hydrogens is 210 g/mol. The highest BCUT2D eigenvalue weighted by atomic mass is 16.1. The lowest BCUT2D eigenvalue weighted by Crippen LogP contribution is -2.39. The summed E-state index contributed by atoms with van der Waals surface area (Å²) in [6.45, 7) is 5.91. The number of hydrogen-bond donors (Lipinski definition) is 1. The summed E-state index contributed by atoms with van der Waals surface area (Å²) in [4.78, 5) is 10.9. The maximum absolute atomic E-state index is 10.9. The minimum Gasteiger partial charge on any atom is -0.302 e. The van der Waals surface area contributed by atoms with E-state index in [0.29, 0.717) is 0 Å². The Kier molecular flexibility index (Phi) is 6.26. The molecule has 0 saturated carbocycles. The summed E-state index contributed by atoms with van der Waals surface area (Å²) >= 11 is 0. The molecule has 2 heteroatoms. The van der Waals surface area contributed by atoms with Crippen molar-refractivity contribution < 1.29 is 4.79 Å². The zero-order chi connectivity index (χ0) is 12.5. The van der Waals surface area contributed by atoms with Crippen LogP contribution in [0.25, 0.3) is 0 Å². The molecule has 2 atom stereocenters. The third-order valence-corrected chi connectivity index (χ3v) is 2.78. The molecule has 2 unspecified atom stereocenters. The Morgan fingerprint density at radius 2 is 2.00 bits per heavy atom. The molecule has 0 saturated heterocycles. The second-order valence-corrected chi connectivity index (χ2v) is 4.23. The smallest absolute Gasteiger partial charge is 0.136 e. The predicted octanol–water partition coefficient (Wildman–Crippen LogP) is 2.74. The van der Waals surface area contributed by atoms with Crippen LogP contribution >= 0.6 is 0 Å². The van der Waals surface area contributed by atoms with Crippen LogP contribution in [-0.2, 0) is 11.2 Å². The summed E-state index contributed by atoms with van der Waals surface area (Å²) in [6, 6.07) is 10.3.